The number of ether oxygens (including phenoxy) is 1. The first-order valence-electron chi connectivity index (χ1n) is 11.3. The summed E-state index contributed by atoms with van der Waals surface area (Å²) in [4.78, 5) is 20.4. The molecule has 1 amide bonds. The molecule has 6 heteroatoms. The fourth-order valence-electron chi connectivity index (χ4n) is 4.47. The van der Waals surface area contributed by atoms with Crippen LogP contribution >= 0.6 is 11.3 Å². The van der Waals surface area contributed by atoms with Gasteiger partial charge >= 0.3 is 6.09 Å². The second kappa shape index (κ2) is 9.35. The number of nitrogens with zero attached hydrogens (tertiary/aromatic N) is 3. The standard InChI is InChI=1S/C26H29N3O2S/c1-27-14-16-28(17-15-27)24-8-5-9-25-23(24)18-22(32-25)19-31-26(30)29-12-10-21(11-13-29)20-6-3-2-4-7-20/h2-10,18H,11-17,19H2,1H3. The maximum absolute atomic E-state index is 12.6. The number of benzene rings is 2. The van der Waals surface area contributed by atoms with E-state index in [0.717, 1.165) is 37.5 Å². The number of anilines is 1. The molecule has 3 aromatic rings. The summed E-state index contributed by atoms with van der Waals surface area (Å²) in [6, 6.07) is 19.1. The van der Waals surface area contributed by atoms with Crippen molar-refractivity contribution in [3.05, 3.63) is 71.1 Å². The summed E-state index contributed by atoms with van der Waals surface area (Å²) in [5.74, 6) is 0. The van der Waals surface area contributed by atoms with Gasteiger partial charge in [0.05, 0.1) is 0 Å². The molecule has 0 N–H and O–H groups in total. The average molecular weight is 448 g/mol. The summed E-state index contributed by atoms with van der Waals surface area (Å²) >= 11 is 1.72. The molecule has 0 atom stereocenters. The number of hydrogen-bond donors (Lipinski definition) is 0. The molecule has 2 aliphatic rings. The van der Waals surface area contributed by atoms with E-state index in [4.69, 9.17) is 4.74 Å². The van der Waals surface area contributed by atoms with E-state index in [0.29, 0.717) is 19.7 Å². The summed E-state index contributed by atoms with van der Waals surface area (Å²) < 4.78 is 6.94. The third kappa shape index (κ3) is 4.52. The maximum Gasteiger partial charge on any atom is 0.410 e. The van der Waals surface area contributed by atoms with Crippen LogP contribution in [0.25, 0.3) is 15.7 Å². The van der Waals surface area contributed by atoms with Gasteiger partial charge in [0.1, 0.15) is 6.61 Å². The predicted molar refractivity (Wildman–Crippen MR) is 132 cm³/mol. The Morgan fingerprint density at radius 2 is 1.81 bits per heavy atom. The lowest BCUT2D eigenvalue weighted by molar-refractivity contribution is 0.101. The van der Waals surface area contributed by atoms with E-state index in [1.54, 1.807) is 16.2 Å². The van der Waals surface area contributed by atoms with Gasteiger partial charge in [0.25, 0.3) is 0 Å². The van der Waals surface area contributed by atoms with Crippen molar-refractivity contribution in [3.63, 3.8) is 0 Å². The zero-order chi connectivity index (χ0) is 21.9. The minimum absolute atomic E-state index is 0.231. The van der Waals surface area contributed by atoms with E-state index in [9.17, 15) is 4.79 Å². The van der Waals surface area contributed by atoms with Gasteiger partial charge in [-0.1, -0.05) is 42.5 Å². The molecule has 0 radical (unpaired) electrons. The van der Waals surface area contributed by atoms with Crippen LogP contribution in [0.1, 0.15) is 16.9 Å². The van der Waals surface area contributed by atoms with Crippen molar-refractivity contribution < 1.29 is 9.53 Å². The molecule has 1 fully saturated rings. The van der Waals surface area contributed by atoms with Crippen molar-refractivity contribution >= 4 is 38.8 Å². The molecule has 2 aliphatic heterocycles. The molecule has 32 heavy (non-hydrogen) atoms. The first-order chi connectivity index (χ1) is 15.7. The van der Waals surface area contributed by atoms with Gasteiger partial charge < -0.3 is 19.4 Å². The van der Waals surface area contributed by atoms with E-state index in [1.165, 1.54) is 26.9 Å². The smallest absolute Gasteiger partial charge is 0.410 e. The van der Waals surface area contributed by atoms with Crippen molar-refractivity contribution in [1.82, 2.24) is 9.80 Å². The van der Waals surface area contributed by atoms with E-state index in [2.05, 4.69) is 71.5 Å². The number of hydrogen-bond acceptors (Lipinski definition) is 5. The predicted octanol–water partition coefficient (Wildman–Crippen LogP) is 5.08. The first kappa shape index (κ1) is 21.0. The Morgan fingerprint density at radius 3 is 2.56 bits per heavy atom. The summed E-state index contributed by atoms with van der Waals surface area (Å²) in [6.45, 7) is 5.88. The molecule has 166 valence electrons. The Labute approximate surface area is 193 Å². The number of thiophene rings is 1. The van der Waals surface area contributed by atoms with Crippen LogP contribution in [-0.4, -0.2) is 62.2 Å². The van der Waals surface area contributed by atoms with Crippen molar-refractivity contribution in [2.24, 2.45) is 0 Å². The molecular weight excluding hydrogens is 418 g/mol. The Balaban J connectivity index is 1.21. The summed E-state index contributed by atoms with van der Waals surface area (Å²) in [5, 5.41) is 1.27. The summed E-state index contributed by atoms with van der Waals surface area (Å²) in [7, 11) is 2.18. The van der Waals surface area contributed by atoms with Crippen LogP contribution in [0, 0.1) is 0 Å². The molecule has 0 bridgehead atoms. The summed E-state index contributed by atoms with van der Waals surface area (Å²) in [5.41, 5.74) is 3.83. The third-order valence-electron chi connectivity index (χ3n) is 6.38. The van der Waals surface area contributed by atoms with Gasteiger partial charge in [-0.2, -0.15) is 0 Å². The molecule has 3 heterocycles. The largest absolute Gasteiger partial charge is 0.444 e. The van der Waals surface area contributed by atoms with E-state index in [-0.39, 0.29) is 6.09 Å². The van der Waals surface area contributed by atoms with Crippen LogP contribution in [0.5, 0.6) is 0 Å². The highest BCUT2D eigenvalue weighted by molar-refractivity contribution is 7.19. The minimum atomic E-state index is -0.231. The third-order valence-corrected chi connectivity index (χ3v) is 7.46. The van der Waals surface area contributed by atoms with Crippen molar-refractivity contribution in [2.75, 3.05) is 51.2 Å². The number of rotatable bonds is 4. The number of likely N-dealkylation sites (N-methyl/N-ethyl adjacent to an activating group) is 1. The van der Waals surface area contributed by atoms with Crippen LogP contribution in [0.3, 0.4) is 0 Å². The molecule has 5 nitrogen and oxygen atoms in total. The Bertz CT molecular complexity index is 1120. The molecule has 0 unspecified atom stereocenters. The van der Waals surface area contributed by atoms with Crippen LogP contribution in [0.15, 0.2) is 60.7 Å². The van der Waals surface area contributed by atoms with Crippen LogP contribution in [-0.2, 0) is 11.3 Å². The molecular formula is C26H29N3O2S. The van der Waals surface area contributed by atoms with E-state index >= 15 is 0 Å². The van der Waals surface area contributed by atoms with Crippen LogP contribution in [0.4, 0.5) is 10.5 Å². The Hall–Kier alpha value is -2.83. The number of piperazine rings is 1. The molecule has 0 aliphatic carbocycles. The number of carbonyl (C=O) groups is 1. The lowest BCUT2D eigenvalue weighted by Gasteiger charge is -2.34. The van der Waals surface area contributed by atoms with Gasteiger partial charge in [0, 0.05) is 59.9 Å². The van der Waals surface area contributed by atoms with Crippen molar-refractivity contribution in [3.8, 4) is 0 Å². The fraction of sp³-hybridized carbons (Fsp3) is 0.346. The second-order valence-corrected chi connectivity index (χ2v) is 9.71. The molecule has 2 aromatic carbocycles. The zero-order valence-corrected chi connectivity index (χ0v) is 19.3. The number of carbonyl (C=O) groups excluding carboxylic acids is 1. The summed E-state index contributed by atoms with van der Waals surface area (Å²) in [6.07, 6.45) is 2.77. The van der Waals surface area contributed by atoms with Gasteiger partial charge in [-0.15, -0.1) is 11.3 Å². The molecule has 1 aromatic heterocycles. The van der Waals surface area contributed by atoms with E-state index in [1.807, 2.05) is 6.07 Å². The monoisotopic (exact) mass is 447 g/mol. The molecule has 5 rings (SSSR count). The first-order valence-corrected chi connectivity index (χ1v) is 12.1. The highest BCUT2D eigenvalue weighted by Gasteiger charge is 2.20. The number of amides is 1. The minimum Gasteiger partial charge on any atom is -0.444 e. The topological polar surface area (TPSA) is 36.0 Å². The number of fused-ring (bicyclic) bond motifs is 1. The molecule has 0 saturated carbocycles. The second-order valence-electron chi connectivity index (χ2n) is 8.54. The highest BCUT2D eigenvalue weighted by atomic mass is 32.1. The quantitative estimate of drug-likeness (QED) is 0.559. The van der Waals surface area contributed by atoms with Gasteiger partial charge in [-0.25, -0.2) is 4.79 Å². The van der Waals surface area contributed by atoms with Gasteiger partial charge in [0.2, 0.25) is 0 Å². The SMILES string of the molecule is CN1CCN(c2cccc3sc(COC(=O)N4CC=C(c5ccccc5)CC4)cc23)CC1. The van der Waals surface area contributed by atoms with Crippen molar-refractivity contribution in [1.29, 1.82) is 0 Å². The van der Waals surface area contributed by atoms with Crippen LogP contribution < -0.4 is 4.90 Å². The lowest BCUT2D eigenvalue weighted by Crippen LogP contribution is -2.44. The van der Waals surface area contributed by atoms with E-state index < -0.39 is 0 Å². The lowest BCUT2D eigenvalue weighted by atomic mass is 10.00. The van der Waals surface area contributed by atoms with Crippen LogP contribution in [0.2, 0.25) is 0 Å². The Morgan fingerprint density at radius 1 is 1.00 bits per heavy atom. The Kier molecular flexibility index (Phi) is 6.14. The average Bonchev–Trinajstić information content (AvgIpc) is 3.27. The van der Waals surface area contributed by atoms with Gasteiger partial charge in [-0.3, -0.25) is 0 Å². The fourth-order valence-corrected chi connectivity index (χ4v) is 5.46. The van der Waals surface area contributed by atoms with Crippen molar-refractivity contribution in [2.45, 2.75) is 13.0 Å². The molecule has 1 saturated heterocycles. The molecule has 0 spiro atoms. The highest BCUT2D eigenvalue weighted by Crippen LogP contribution is 2.34. The zero-order valence-electron chi connectivity index (χ0n) is 18.5. The normalized spacial score (nSPS) is 17.5. The maximum atomic E-state index is 12.6. The van der Waals surface area contributed by atoms with Gasteiger partial charge in [0.15, 0.2) is 0 Å². The van der Waals surface area contributed by atoms with Gasteiger partial charge in [-0.05, 0) is 42.8 Å².